The number of hydrogen-bond acceptors (Lipinski definition) is 3. The first-order valence-corrected chi connectivity index (χ1v) is 9.22. The molecule has 6 heteroatoms. The van der Waals surface area contributed by atoms with Crippen LogP contribution >= 0.6 is 0 Å². The zero-order valence-corrected chi connectivity index (χ0v) is 14.9. The summed E-state index contributed by atoms with van der Waals surface area (Å²) in [6.07, 6.45) is 0.974. The normalized spacial score (nSPS) is 11.3. The summed E-state index contributed by atoms with van der Waals surface area (Å²) in [7, 11) is -0.520. The van der Waals surface area contributed by atoms with Gasteiger partial charge >= 0.3 is 0 Å². The van der Waals surface area contributed by atoms with Crippen molar-refractivity contribution in [3.05, 3.63) is 65.2 Å². The minimum atomic E-state index is -3.57. The quantitative estimate of drug-likeness (QED) is 0.873. The number of nitrogens with one attached hydrogen (secondary N) is 1. The van der Waals surface area contributed by atoms with Crippen LogP contribution in [0.25, 0.3) is 0 Å². The van der Waals surface area contributed by atoms with E-state index in [1.807, 2.05) is 24.3 Å². The molecule has 2 aromatic rings. The van der Waals surface area contributed by atoms with Crippen molar-refractivity contribution >= 4 is 15.9 Å². The Morgan fingerprint density at radius 1 is 1.08 bits per heavy atom. The second-order valence-electron chi connectivity index (χ2n) is 5.57. The highest BCUT2D eigenvalue weighted by Crippen LogP contribution is 2.14. The van der Waals surface area contributed by atoms with Crippen molar-refractivity contribution in [1.29, 1.82) is 0 Å². The van der Waals surface area contributed by atoms with E-state index in [4.69, 9.17) is 0 Å². The summed E-state index contributed by atoms with van der Waals surface area (Å²) in [6.45, 7) is 2.56. The first kappa shape index (κ1) is 18.2. The molecule has 0 atom stereocenters. The Balaban J connectivity index is 2.17. The number of aryl methyl sites for hydroxylation is 1. The number of carbonyl (C=O) groups is 1. The monoisotopic (exact) mass is 346 g/mol. The maximum absolute atomic E-state index is 12.6. The van der Waals surface area contributed by atoms with Crippen LogP contribution in [-0.2, 0) is 23.0 Å². The Labute approximate surface area is 143 Å². The Morgan fingerprint density at radius 3 is 2.29 bits per heavy atom. The van der Waals surface area contributed by atoms with E-state index in [1.165, 1.54) is 24.7 Å². The topological polar surface area (TPSA) is 66.5 Å². The van der Waals surface area contributed by atoms with Crippen LogP contribution in [-0.4, -0.2) is 33.3 Å². The fourth-order valence-electron chi connectivity index (χ4n) is 2.36. The van der Waals surface area contributed by atoms with E-state index >= 15 is 0 Å². The molecular formula is C18H22N2O3S. The van der Waals surface area contributed by atoms with Crippen LogP contribution in [0.3, 0.4) is 0 Å². The van der Waals surface area contributed by atoms with E-state index in [9.17, 15) is 13.2 Å². The second-order valence-corrected chi connectivity index (χ2v) is 7.45. The number of hydrogen-bond donors (Lipinski definition) is 1. The average Bonchev–Trinajstić information content (AvgIpc) is 2.61. The van der Waals surface area contributed by atoms with E-state index in [2.05, 4.69) is 11.6 Å². The van der Waals surface area contributed by atoms with E-state index in [-0.39, 0.29) is 10.8 Å². The zero-order chi connectivity index (χ0) is 17.7. The van der Waals surface area contributed by atoms with Crippen LogP contribution in [0.15, 0.2) is 53.4 Å². The van der Waals surface area contributed by atoms with Gasteiger partial charge in [0.05, 0.1) is 4.90 Å². The summed E-state index contributed by atoms with van der Waals surface area (Å²) in [5.74, 6) is -0.220. The van der Waals surface area contributed by atoms with Gasteiger partial charge in [0, 0.05) is 19.2 Å². The van der Waals surface area contributed by atoms with Gasteiger partial charge in [0.25, 0.3) is 5.91 Å². The van der Waals surface area contributed by atoms with Crippen molar-refractivity contribution in [1.82, 2.24) is 9.62 Å². The molecule has 2 aromatic carbocycles. The summed E-state index contributed by atoms with van der Waals surface area (Å²) >= 11 is 0. The lowest BCUT2D eigenvalue weighted by molar-refractivity contribution is 0.0785. The molecule has 0 aliphatic heterocycles. The minimum absolute atomic E-state index is 0.0801. The van der Waals surface area contributed by atoms with Crippen LogP contribution in [0.5, 0.6) is 0 Å². The number of amides is 1. The molecule has 0 aliphatic carbocycles. The van der Waals surface area contributed by atoms with Gasteiger partial charge in [0.15, 0.2) is 0 Å². The standard InChI is InChI=1S/C18H22N2O3S/c1-4-14-8-10-15(11-9-14)13-20(3)18(21)16-6-5-7-17(12-16)24(22,23)19-2/h5-12,19H,4,13H2,1-3H3. The average molecular weight is 346 g/mol. The van der Waals surface area contributed by atoms with Crippen LogP contribution < -0.4 is 4.72 Å². The van der Waals surface area contributed by atoms with Gasteiger partial charge in [-0.1, -0.05) is 37.3 Å². The van der Waals surface area contributed by atoms with Crippen LogP contribution in [0, 0.1) is 0 Å². The maximum atomic E-state index is 12.6. The molecule has 0 fully saturated rings. The summed E-state index contributed by atoms with van der Waals surface area (Å²) in [5.41, 5.74) is 2.62. The van der Waals surface area contributed by atoms with Gasteiger partial charge in [0.1, 0.15) is 0 Å². The van der Waals surface area contributed by atoms with Gasteiger partial charge < -0.3 is 4.90 Å². The third kappa shape index (κ3) is 4.21. The first-order valence-electron chi connectivity index (χ1n) is 7.74. The minimum Gasteiger partial charge on any atom is -0.337 e. The molecule has 1 amide bonds. The molecule has 0 spiro atoms. The molecule has 0 radical (unpaired) electrons. The van der Waals surface area contributed by atoms with Crippen molar-refractivity contribution in [2.45, 2.75) is 24.8 Å². The van der Waals surface area contributed by atoms with Gasteiger partial charge in [-0.2, -0.15) is 0 Å². The smallest absolute Gasteiger partial charge is 0.253 e. The molecular weight excluding hydrogens is 324 g/mol. The van der Waals surface area contributed by atoms with E-state index in [1.54, 1.807) is 24.1 Å². The largest absolute Gasteiger partial charge is 0.337 e. The Morgan fingerprint density at radius 2 is 1.71 bits per heavy atom. The predicted molar refractivity (Wildman–Crippen MR) is 94.3 cm³/mol. The van der Waals surface area contributed by atoms with Crippen molar-refractivity contribution in [2.24, 2.45) is 0 Å². The fourth-order valence-corrected chi connectivity index (χ4v) is 3.14. The Kier molecular flexibility index (Phi) is 5.75. The Bertz CT molecular complexity index is 814. The number of rotatable bonds is 6. The highest BCUT2D eigenvalue weighted by atomic mass is 32.2. The van der Waals surface area contributed by atoms with Gasteiger partial charge in [0.2, 0.25) is 10.0 Å². The molecule has 5 nitrogen and oxygen atoms in total. The van der Waals surface area contributed by atoms with Gasteiger partial charge in [-0.3, -0.25) is 4.79 Å². The van der Waals surface area contributed by atoms with E-state index < -0.39 is 10.0 Å². The fraction of sp³-hybridized carbons (Fsp3) is 0.278. The molecule has 24 heavy (non-hydrogen) atoms. The molecule has 128 valence electrons. The van der Waals surface area contributed by atoms with Crippen molar-refractivity contribution in [3.8, 4) is 0 Å². The summed E-state index contributed by atoms with van der Waals surface area (Å²) in [6, 6.07) is 14.2. The van der Waals surface area contributed by atoms with Gasteiger partial charge in [-0.05, 0) is 42.8 Å². The number of carbonyl (C=O) groups excluding carboxylic acids is 1. The highest BCUT2D eigenvalue weighted by molar-refractivity contribution is 7.89. The van der Waals surface area contributed by atoms with E-state index in [0.717, 1.165) is 12.0 Å². The maximum Gasteiger partial charge on any atom is 0.253 e. The molecule has 0 unspecified atom stereocenters. The molecule has 0 saturated carbocycles. The number of benzene rings is 2. The third-order valence-corrected chi connectivity index (χ3v) is 5.27. The highest BCUT2D eigenvalue weighted by Gasteiger charge is 2.16. The predicted octanol–water partition coefficient (Wildman–Crippen LogP) is 2.43. The molecule has 0 aliphatic rings. The molecule has 0 heterocycles. The molecule has 1 N–H and O–H groups in total. The van der Waals surface area contributed by atoms with Crippen molar-refractivity contribution in [2.75, 3.05) is 14.1 Å². The zero-order valence-electron chi connectivity index (χ0n) is 14.1. The van der Waals surface area contributed by atoms with Gasteiger partial charge in [-0.15, -0.1) is 0 Å². The van der Waals surface area contributed by atoms with E-state index in [0.29, 0.717) is 12.1 Å². The summed E-state index contributed by atoms with van der Waals surface area (Å²) in [5, 5.41) is 0. The lowest BCUT2D eigenvalue weighted by atomic mass is 10.1. The van der Waals surface area contributed by atoms with Crippen molar-refractivity contribution < 1.29 is 13.2 Å². The Hall–Kier alpha value is -2.18. The second kappa shape index (κ2) is 7.59. The van der Waals surface area contributed by atoms with Crippen LogP contribution in [0.4, 0.5) is 0 Å². The molecule has 0 saturated heterocycles. The first-order chi connectivity index (χ1) is 11.4. The molecule has 2 rings (SSSR count). The van der Waals surface area contributed by atoms with Crippen LogP contribution in [0.2, 0.25) is 0 Å². The molecule has 0 aromatic heterocycles. The summed E-state index contributed by atoms with van der Waals surface area (Å²) in [4.78, 5) is 14.2. The summed E-state index contributed by atoms with van der Waals surface area (Å²) < 4.78 is 26.0. The van der Waals surface area contributed by atoms with Crippen molar-refractivity contribution in [3.63, 3.8) is 0 Å². The van der Waals surface area contributed by atoms with Gasteiger partial charge in [-0.25, -0.2) is 13.1 Å². The van der Waals surface area contributed by atoms with Crippen LogP contribution in [0.1, 0.15) is 28.4 Å². The lowest BCUT2D eigenvalue weighted by Crippen LogP contribution is -2.26. The SMILES string of the molecule is CCc1ccc(CN(C)C(=O)c2cccc(S(=O)(=O)NC)c2)cc1. The number of nitrogens with zero attached hydrogens (tertiary/aromatic N) is 1. The third-order valence-electron chi connectivity index (χ3n) is 3.86. The number of sulfonamides is 1. The molecule has 0 bridgehead atoms. The lowest BCUT2D eigenvalue weighted by Gasteiger charge is -2.18.